The first-order valence-corrected chi connectivity index (χ1v) is 28.9. The number of aliphatic hydroxyl groups excluding tert-OH is 5. The van der Waals surface area contributed by atoms with E-state index in [1.807, 2.05) is 0 Å². The van der Waals surface area contributed by atoms with Gasteiger partial charge >= 0.3 is 0 Å². The molecule has 66 heavy (non-hydrogen) atoms. The van der Waals surface area contributed by atoms with Gasteiger partial charge in [-0.15, -0.1) is 0 Å². The Labute approximate surface area is 407 Å². The molecule has 6 N–H and O–H groups in total. The van der Waals surface area contributed by atoms with Crippen molar-refractivity contribution in [1.82, 2.24) is 5.32 Å². The molecular formula is C57H111NO8. The predicted molar refractivity (Wildman–Crippen MR) is 277 cm³/mol. The highest BCUT2D eigenvalue weighted by Crippen LogP contribution is 2.23. The van der Waals surface area contributed by atoms with Crippen LogP contribution in [0.2, 0.25) is 0 Å². The highest BCUT2D eigenvalue weighted by Gasteiger charge is 2.44. The molecule has 392 valence electrons. The summed E-state index contributed by atoms with van der Waals surface area (Å²) in [6.07, 6.45) is 50.9. The van der Waals surface area contributed by atoms with Gasteiger partial charge in [0, 0.05) is 6.42 Å². The third kappa shape index (κ3) is 36.9. The van der Waals surface area contributed by atoms with E-state index in [4.69, 9.17) is 9.47 Å². The van der Waals surface area contributed by atoms with Crippen molar-refractivity contribution in [3.05, 3.63) is 12.2 Å². The van der Waals surface area contributed by atoms with Gasteiger partial charge < -0.3 is 40.3 Å². The Morgan fingerprint density at radius 1 is 0.500 bits per heavy atom. The molecule has 7 unspecified atom stereocenters. The number of hydrogen-bond donors (Lipinski definition) is 6. The van der Waals surface area contributed by atoms with E-state index in [0.29, 0.717) is 12.8 Å². The fraction of sp³-hybridized carbons (Fsp3) is 0.947. The zero-order valence-electron chi connectivity index (χ0n) is 43.5. The van der Waals surface area contributed by atoms with Gasteiger partial charge in [0.05, 0.1) is 25.4 Å². The topological polar surface area (TPSA) is 149 Å². The summed E-state index contributed by atoms with van der Waals surface area (Å²) < 4.78 is 11.3. The van der Waals surface area contributed by atoms with Crippen molar-refractivity contribution < 1.29 is 39.8 Å². The Bertz CT molecular complexity index is 1040. The van der Waals surface area contributed by atoms with Gasteiger partial charge in [-0.05, 0) is 38.5 Å². The number of amides is 1. The summed E-state index contributed by atoms with van der Waals surface area (Å²) >= 11 is 0. The lowest BCUT2D eigenvalue weighted by atomic mass is 9.99. The largest absolute Gasteiger partial charge is 0.394 e. The van der Waals surface area contributed by atoms with Crippen LogP contribution in [0.4, 0.5) is 0 Å². The summed E-state index contributed by atoms with van der Waals surface area (Å²) in [7, 11) is 0. The summed E-state index contributed by atoms with van der Waals surface area (Å²) in [5, 5.41) is 54.7. The molecule has 1 amide bonds. The normalized spacial score (nSPS) is 19.8. The number of carbonyl (C=O) groups excluding carboxylic acids is 1. The molecule has 1 aliphatic rings. The summed E-state index contributed by atoms with van der Waals surface area (Å²) in [4.78, 5) is 13.1. The van der Waals surface area contributed by atoms with Crippen LogP contribution in [-0.4, -0.2) is 87.5 Å². The van der Waals surface area contributed by atoms with E-state index in [2.05, 4.69) is 31.3 Å². The number of hydrogen-bond acceptors (Lipinski definition) is 8. The van der Waals surface area contributed by atoms with Crippen LogP contribution in [0.3, 0.4) is 0 Å². The molecule has 1 saturated heterocycles. The molecule has 0 spiro atoms. The first kappa shape index (κ1) is 62.9. The van der Waals surface area contributed by atoms with Crippen molar-refractivity contribution in [2.75, 3.05) is 13.2 Å². The average molecular weight is 939 g/mol. The Balaban J connectivity index is 2.20. The zero-order valence-corrected chi connectivity index (χ0v) is 43.5. The fourth-order valence-electron chi connectivity index (χ4n) is 9.51. The van der Waals surface area contributed by atoms with Gasteiger partial charge in [-0.2, -0.15) is 0 Å². The van der Waals surface area contributed by atoms with Crippen molar-refractivity contribution >= 4 is 5.91 Å². The molecule has 1 heterocycles. The van der Waals surface area contributed by atoms with Crippen molar-refractivity contribution in [2.45, 2.75) is 333 Å². The lowest BCUT2D eigenvalue weighted by Gasteiger charge is -2.40. The molecule has 0 aromatic rings. The van der Waals surface area contributed by atoms with E-state index in [0.717, 1.165) is 38.5 Å². The van der Waals surface area contributed by atoms with E-state index < -0.39 is 49.5 Å². The molecule has 1 fully saturated rings. The number of nitrogens with one attached hydrogen (secondary N) is 1. The number of unbranched alkanes of at least 4 members (excludes halogenated alkanes) is 38. The minimum atomic E-state index is -1.55. The fourth-order valence-corrected chi connectivity index (χ4v) is 9.51. The second-order valence-electron chi connectivity index (χ2n) is 20.4. The van der Waals surface area contributed by atoms with Crippen LogP contribution in [0.15, 0.2) is 12.2 Å². The van der Waals surface area contributed by atoms with Gasteiger partial charge in [-0.1, -0.05) is 257 Å². The van der Waals surface area contributed by atoms with Crippen LogP contribution >= 0.6 is 0 Å². The SMILES string of the molecule is CCCCCCCC/C=C\CCCCCCCCCCCC(=O)NC(COC1OC(CO)C(O)C(O)C1O)C(O)CCCCCCCCCCCCCCCCCCCCCCCCCC. The third-order valence-electron chi connectivity index (χ3n) is 14.1. The van der Waals surface area contributed by atoms with Crippen LogP contribution in [0, 0.1) is 0 Å². The minimum Gasteiger partial charge on any atom is -0.394 e. The minimum absolute atomic E-state index is 0.134. The molecule has 9 nitrogen and oxygen atoms in total. The van der Waals surface area contributed by atoms with Crippen LogP contribution < -0.4 is 5.32 Å². The second kappa shape index (κ2) is 47.6. The standard InChI is InChI=1S/C57H111NO8/c1-3-5-7-9-11-13-15-17-19-21-23-24-25-26-27-29-30-32-34-36-38-40-42-44-46-51(60)50(49-65-57-56(64)55(63)54(62)52(48-59)66-57)58-53(61)47-45-43-41-39-37-35-33-31-28-22-20-18-16-14-12-10-8-6-4-2/h18,20,50-52,54-57,59-60,62-64H,3-17,19,21-49H2,1-2H3,(H,58,61)/b20-18-. The second-order valence-corrected chi connectivity index (χ2v) is 20.4. The quantitative estimate of drug-likeness (QED) is 0.0261. The van der Waals surface area contributed by atoms with Gasteiger partial charge in [-0.25, -0.2) is 0 Å². The molecule has 0 aromatic carbocycles. The van der Waals surface area contributed by atoms with E-state index in [1.165, 1.54) is 225 Å². The van der Waals surface area contributed by atoms with Gasteiger partial charge in [0.2, 0.25) is 5.91 Å². The molecule has 0 saturated carbocycles. The zero-order chi connectivity index (χ0) is 48.0. The Morgan fingerprint density at radius 3 is 1.23 bits per heavy atom. The predicted octanol–water partition coefficient (Wildman–Crippen LogP) is 14.0. The highest BCUT2D eigenvalue weighted by molar-refractivity contribution is 5.76. The number of rotatable bonds is 50. The van der Waals surface area contributed by atoms with Gasteiger partial charge in [0.25, 0.3) is 0 Å². The van der Waals surface area contributed by atoms with Gasteiger partial charge in [0.15, 0.2) is 6.29 Å². The van der Waals surface area contributed by atoms with Gasteiger partial charge in [-0.3, -0.25) is 4.79 Å². The molecule has 0 bridgehead atoms. The number of ether oxygens (including phenoxy) is 2. The molecule has 7 atom stereocenters. The Kier molecular flexibility index (Phi) is 45.4. The molecule has 0 aliphatic carbocycles. The molecule has 1 rings (SSSR count). The first-order chi connectivity index (χ1) is 32.3. The Morgan fingerprint density at radius 2 is 0.848 bits per heavy atom. The maximum Gasteiger partial charge on any atom is 0.220 e. The summed E-state index contributed by atoms with van der Waals surface area (Å²) in [5.74, 6) is -0.142. The van der Waals surface area contributed by atoms with Crippen molar-refractivity contribution in [3.8, 4) is 0 Å². The van der Waals surface area contributed by atoms with Crippen molar-refractivity contribution in [3.63, 3.8) is 0 Å². The molecule has 0 aromatic heterocycles. The van der Waals surface area contributed by atoms with E-state index in [1.54, 1.807) is 0 Å². The van der Waals surface area contributed by atoms with Crippen molar-refractivity contribution in [2.24, 2.45) is 0 Å². The van der Waals surface area contributed by atoms with Crippen LogP contribution in [0.5, 0.6) is 0 Å². The molecule has 1 aliphatic heterocycles. The first-order valence-electron chi connectivity index (χ1n) is 28.9. The van der Waals surface area contributed by atoms with Crippen molar-refractivity contribution in [1.29, 1.82) is 0 Å². The van der Waals surface area contributed by atoms with Crippen LogP contribution in [-0.2, 0) is 14.3 Å². The molecular weight excluding hydrogens is 827 g/mol. The maximum absolute atomic E-state index is 13.1. The third-order valence-corrected chi connectivity index (χ3v) is 14.1. The lowest BCUT2D eigenvalue weighted by Crippen LogP contribution is -2.60. The monoisotopic (exact) mass is 938 g/mol. The Hall–Kier alpha value is -1.07. The van der Waals surface area contributed by atoms with E-state index in [-0.39, 0.29) is 12.5 Å². The van der Waals surface area contributed by atoms with E-state index in [9.17, 15) is 30.3 Å². The number of allylic oxidation sites excluding steroid dienone is 2. The summed E-state index contributed by atoms with van der Waals surface area (Å²) in [6, 6.07) is -0.717. The highest BCUT2D eigenvalue weighted by atomic mass is 16.7. The molecule has 9 heteroatoms. The smallest absolute Gasteiger partial charge is 0.220 e. The summed E-state index contributed by atoms with van der Waals surface area (Å²) in [6.45, 7) is 3.87. The van der Waals surface area contributed by atoms with Crippen LogP contribution in [0.25, 0.3) is 0 Å². The van der Waals surface area contributed by atoms with Crippen LogP contribution in [0.1, 0.15) is 290 Å². The number of carbonyl (C=O) groups is 1. The summed E-state index contributed by atoms with van der Waals surface area (Å²) in [5.41, 5.74) is 0. The molecule has 0 radical (unpaired) electrons. The lowest BCUT2D eigenvalue weighted by molar-refractivity contribution is -0.302. The maximum atomic E-state index is 13.1. The average Bonchev–Trinajstić information content (AvgIpc) is 3.32. The van der Waals surface area contributed by atoms with Gasteiger partial charge in [0.1, 0.15) is 24.4 Å². The number of aliphatic hydroxyl groups is 5. The van der Waals surface area contributed by atoms with E-state index >= 15 is 0 Å².